The molecule has 0 spiro atoms. The van der Waals surface area contributed by atoms with Crippen molar-refractivity contribution in [2.24, 2.45) is 0 Å². The number of halogens is 1. The highest BCUT2D eigenvalue weighted by molar-refractivity contribution is 6.34. The molecule has 2 aromatic rings. The first-order valence-electron chi connectivity index (χ1n) is 6.00. The van der Waals surface area contributed by atoms with Crippen LogP contribution in [0, 0.1) is 12.1 Å². The average Bonchev–Trinajstić information content (AvgIpc) is 2.35. The first-order chi connectivity index (χ1) is 9.38. The Bertz CT molecular complexity index is 713. The van der Waals surface area contributed by atoms with Crippen LogP contribution in [0.4, 0.5) is 5.69 Å². The number of fused-ring (bicyclic) bond motifs is 1. The molecule has 1 aromatic carbocycles. The number of nitrogens with one attached hydrogen (secondary N) is 1. The molecule has 0 unspecified atom stereocenters. The first-order valence-corrected chi connectivity index (χ1v) is 6.37. The van der Waals surface area contributed by atoms with E-state index in [1.54, 1.807) is 12.1 Å². The first kappa shape index (κ1) is 14.3. The number of anilines is 1. The molecule has 2 rings (SSSR count). The molecule has 0 fully saturated rings. The maximum Gasteiger partial charge on any atom is 0.231 e. The Morgan fingerprint density at radius 3 is 2.75 bits per heavy atom. The molecule has 0 saturated heterocycles. The second kappa shape index (κ2) is 5.46. The number of nitrogens with zero attached hydrogens (tertiary/aromatic N) is 1. The third kappa shape index (κ3) is 2.88. The third-order valence-corrected chi connectivity index (χ3v) is 3.20. The molecular weight excluding hydrogens is 280 g/mol. The minimum Gasteiger partial charge on any atom is -0.618 e. The van der Waals surface area contributed by atoms with Gasteiger partial charge in [-0.25, -0.2) is 0 Å². The summed E-state index contributed by atoms with van der Waals surface area (Å²) >= 11 is 6.06. The Kier molecular flexibility index (Phi) is 3.90. The van der Waals surface area contributed by atoms with Gasteiger partial charge in [0, 0.05) is 12.1 Å². The van der Waals surface area contributed by atoms with Gasteiger partial charge in [-0.2, -0.15) is 4.73 Å². The average molecular weight is 293 g/mol. The van der Waals surface area contributed by atoms with E-state index in [2.05, 4.69) is 5.32 Å². The van der Waals surface area contributed by atoms with Gasteiger partial charge in [0.15, 0.2) is 6.20 Å². The highest BCUT2D eigenvalue weighted by Gasteiger charge is 2.14. The van der Waals surface area contributed by atoms with Gasteiger partial charge >= 0.3 is 0 Å². The van der Waals surface area contributed by atoms with Crippen LogP contribution in [0.3, 0.4) is 0 Å². The fourth-order valence-corrected chi connectivity index (χ4v) is 2.13. The molecule has 5 nitrogen and oxygen atoms in total. The fraction of sp³-hybridized carbons (Fsp3) is 0.214. The predicted octanol–water partition coefficient (Wildman–Crippen LogP) is 2.35. The third-order valence-electron chi connectivity index (χ3n) is 2.89. The largest absolute Gasteiger partial charge is 0.618 e. The van der Waals surface area contributed by atoms with Gasteiger partial charge in [-0.05, 0) is 25.5 Å². The smallest absolute Gasteiger partial charge is 0.231 e. The van der Waals surface area contributed by atoms with Crippen molar-refractivity contribution in [2.45, 2.75) is 20.3 Å². The molecule has 1 N–H and O–H groups in total. The van der Waals surface area contributed by atoms with Crippen LogP contribution in [-0.4, -0.2) is 11.7 Å². The molecule has 0 saturated carbocycles. The molecular formula is C14H13ClN2O3. The standard InChI is InChI=1S/C14H13ClN2O3/c1-8-3-4-17(20)13-7-11(15)12(6-10(8)13)16-14(19)5-9(2)18/h3-4,6-7H,5H2,1-2H3,(H,16,19). The number of carbonyl (C=O) groups is 2. The van der Waals surface area contributed by atoms with Crippen molar-refractivity contribution in [3.8, 4) is 0 Å². The molecule has 0 bridgehead atoms. The molecule has 0 aliphatic carbocycles. The Labute approximate surface area is 120 Å². The fourth-order valence-electron chi connectivity index (χ4n) is 1.93. The quantitative estimate of drug-likeness (QED) is 0.536. The van der Waals surface area contributed by atoms with E-state index in [0.717, 1.165) is 10.3 Å². The van der Waals surface area contributed by atoms with Crippen LogP contribution in [0.1, 0.15) is 18.9 Å². The molecule has 1 amide bonds. The Morgan fingerprint density at radius 2 is 2.10 bits per heavy atom. The van der Waals surface area contributed by atoms with Crippen LogP contribution < -0.4 is 10.0 Å². The molecule has 0 atom stereocenters. The molecule has 0 aliphatic heterocycles. The topological polar surface area (TPSA) is 73.1 Å². The monoisotopic (exact) mass is 292 g/mol. The summed E-state index contributed by atoms with van der Waals surface area (Å²) in [6.45, 7) is 3.20. The van der Waals surface area contributed by atoms with Gasteiger partial charge in [0.05, 0.1) is 22.5 Å². The minimum absolute atomic E-state index is 0.205. The van der Waals surface area contributed by atoms with Crippen molar-refractivity contribution in [3.63, 3.8) is 0 Å². The van der Waals surface area contributed by atoms with Crippen molar-refractivity contribution < 1.29 is 14.3 Å². The Balaban J connectivity index is 2.45. The van der Waals surface area contributed by atoms with E-state index >= 15 is 0 Å². The number of aryl methyl sites for hydroxylation is 1. The summed E-state index contributed by atoms with van der Waals surface area (Å²) < 4.78 is 0.718. The molecule has 20 heavy (non-hydrogen) atoms. The normalized spacial score (nSPS) is 10.6. The second-order valence-corrected chi connectivity index (χ2v) is 5.01. The highest BCUT2D eigenvalue weighted by atomic mass is 35.5. The number of Topliss-reactive ketones (excluding diaryl/α,β-unsaturated/α-hetero) is 1. The van der Waals surface area contributed by atoms with E-state index in [1.807, 2.05) is 6.92 Å². The molecule has 104 valence electrons. The van der Waals surface area contributed by atoms with E-state index < -0.39 is 5.91 Å². The number of benzene rings is 1. The Morgan fingerprint density at radius 1 is 1.40 bits per heavy atom. The van der Waals surface area contributed by atoms with Crippen LogP contribution in [0.15, 0.2) is 24.4 Å². The number of amides is 1. The van der Waals surface area contributed by atoms with Crippen molar-refractivity contribution in [3.05, 3.63) is 40.2 Å². The maximum atomic E-state index is 11.7. The van der Waals surface area contributed by atoms with E-state index in [0.29, 0.717) is 16.6 Å². The number of pyridine rings is 1. The summed E-state index contributed by atoms with van der Waals surface area (Å²) in [6, 6.07) is 4.82. The van der Waals surface area contributed by atoms with Crippen molar-refractivity contribution in [1.29, 1.82) is 0 Å². The molecule has 6 heteroatoms. The summed E-state index contributed by atoms with van der Waals surface area (Å²) in [6.07, 6.45) is 1.20. The summed E-state index contributed by atoms with van der Waals surface area (Å²) in [7, 11) is 0. The van der Waals surface area contributed by atoms with E-state index in [-0.39, 0.29) is 17.2 Å². The van der Waals surface area contributed by atoms with Crippen molar-refractivity contribution >= 4 is 39.9 Å². The number of aromatic nitrogens is 1. The lowest BCUT2D eigenvalue weighted by atomic mass is 10.1. The maximum absolute atomic E-state index is 11.7. The zero-order valence-corrected chi connectivity index (χ0v) is 11.8. The van der Waals surface area contributed by atoms with Gasteiger partial charge in [0.1, 0.15) is 5.78 Å². The SMILES string of the molecule is CC(=O)CC(=O)Nc1cc2c(C)cc[n+]([O-])c2cc1Cl. The molecule has 0 aliphatic rings. The lowest BCUT2D eigenvalue weighted by molar-refractivity contribution is -0.577. The van der Waals surface area contributed by atoms with Crippen LogP contribution in [0.2, 0.25) is 5.02 Å². The highest BCUT2D eigenvalue weighted by Crippen LogP contribution is 2.28. The lowest BCUT2D eigenvalue weighted by Crippen LogP contribution is -2.26. The predicted molar refractivity (Wildman–Crippen MR) is 76.6 cm³/mol. The second-order valence-electron chi connectivity index (χ2n) is 4.60. The van der Waals surface area contributed by atoms with Crippen LogP contribution in [0.25, 0.3) is 10.9 Å². The van der Waals surface area contributed by atoms with Gasteiger partial charge in [-0.15, -0.1) is 0 Å². The van der Waals surface area contributed by atoms with Crippen LogP contribution in [0.5, 0.6) is 0 Å². The van der Waals surface area contributed by atoms with Gasteiger partial charge < -0.3 is 10.5 Å². The van der Waals surface area contributed by atoms with Gasteiger partial charge in [0.25, 0.3) is 0 Å². The van der Waals surface area contributed by atoms with Crippen LogP contribution >= 0.6 is 11.6 Å². The van der Waals surface area contributed by atoms with Gasteiger partial charge in [-0.1, -0.05) is 11.6 Å². The van der Waals surface area contributed by atoms with Gasteiger partial charge in [-0.3, -0.25) is 9.59 Å². The summed E-state index contributed by atoms with van der Waals surface area (Å²) in [4.78, 5) is 22.5. The zero-order valence-electron chi connectivity index (χ0n) is 11.1. The zero-order chi connectivity index (χ0) is 14.9. The van der Waals surface area contributed by atoms with Crippen LogP contribution in [-0.2, 0) is 9.59 Å². The van der Waals surface area contributed by atoms with E-state index in [1.165, 1.54) is 19.2 Å². The number of ketones is 1. The summed E-state index contributed by atoms with van der Waals surface area (Å²) in [5.41, 5.74) is 1.71. The van der Waals surface area contributed by atoms with E-state index in [4.69, 9.17) is 11.6 Å². The van der Waals surface area contributed by atoms with Gasteiger partial charge in [0.2, 0.25) is 11.4 Å². The van der Waals surface area contributed by atoms with Crippen molar-refractivity contribution in [1.82, 2.24) is 0 Å². The Hall–Kier alpha value is -2.14. The van der Waals surface area contributed by atoms with E-state index in [9.17, 15) is 14.8 Å². The molecule has 1 heterocycles. The lowest BCUT2D eigenvalue weighted by Gasteiger charge is -2.09. The number of rotatable bonds is 3. The summed E-state index contributed by atoms with van der Waals surface area (Å²) in [5.74, 6) is -0.657. The number of hydrogen-bond acceptors (Lipinski definition) is 3. The van der Waals surface area contributed by atoms with Crippen molar-refractivity contribution in [2.75, 3.05) is 5.32 Å². The molecule has 1 aromatic heterocycles. The number of carbonyl (C=O) groups excluding carboxylic acids is 2. The summed E-state index contributed by atoms with van der Waals surface area (Å²) in [5, 5.41) is 15.2. The minimum atomic E-state index is -0.428. The molecule has 0 radical (unpaired) electrons. The number of hydrogen-bond donors (Lipinski definition) is 1.